The van der Waals surface area contributed by atoms with Gasteiger partial charge in [-0.15, -0.1) is 0 Å². The van der Waals surface area contributed by atoms with E-state index in [1.807, 2.05) is 54.9 Å². The van der Waals surface area contributed by atoms with Crippen molar-refractivity contribution in [1.82, 2.24) is 8.85 Å². The molecule has 0 aliphatic carbocycles. The molecule has 6 nitrogen and oxygen atoms in total. The van der Waals surface area contributed by atoms with Crippen LogP contribution in [0.15, 0.2) is 24.3 Å². The molecular formula is C18H26IN3O3S. The molecule has 0 unspecified atom stereocenters. The highest BCUT2D eigenvalue weighted by Crippen LogP contribution is 2.16. The summed E-state index contributed by atoms with van der Waals surface area (Å²) in [5.74, 6) is 0.753. The summed E-state index contributed by atoms with van der Waals surface area (Å²) in [6.45, 7) is 3.84. The fraction of sp³-hybridized carbons (Fsp3) is 0.500. The number of nitrogens with two attached hydrogens (primary N) is 1. The average Bonchev–Trinajstić information content (AvgIpc) is 2.65. The molecule has 4 N–H and O–H groups in total. The molecule has 0 aromatic heterocycles. The van der Waals surface area contributed by atoms with E-state index in [0.29, 0.717) is 5.56 Å². The lowest BCUT2D eigenvalue weighted by atomic mass is 9.98. The van der Waals surface area contributed by atoms with Crippen LogP contribution in [-0.2, 0) is 15.3 Å². The molecule has 1 aromatic rings. The van der Waals surface area contributed by atoms with E-state index in [4.69, 9.17) is 5.73 Å². The summed E-state index contributed by atoms with van der Waals surface area (Å²) in [5, 5.41) is 2.74. The molecule has 26 heavy (non-hydrogen) atoms. The van der Waals surface area contributed by atoms with Gasteiger partial charge in [-0.2, -0.15) is 11.8 Å². The van der Waals surface area contributed by atoms with Crippen molar-refractivity contribution < 1.29 is 14.4 Å². The van der Waals surface area contributed by atoms with Crippen molar-refractivity contribution in [2.24, 2.45) is 11.7 Å². The van der Waals surface area contributed by atoms with E-state index >= 15 is 0 Å². The number of primary amides is 1. The van der Waals surface area contributed by atoms with Crippen molar-refractivity contribution in [3.63, 3.8) is 0 Å². The van der Waals surface area contributed by atoms with Crippen LogP contribution in [0.3, 0.4) is 0 Å². The van der Waals surface area contributed by atoms with Gasteiger partial charge in [0.05, 0.1) is 6.04 Å². The first kappa shape index (κ1) is 22.9. The van der Waals surface area contributed by atoms with Crippen LogP contribution in [0, 0.1) is 5.92 Å². The lowest BCUT2D eigenvalue weighted by Gasteiger charge is -2.21. The standard InChI is InChI=1S/C18H26IN3O3S/c1-3-12(2)16(17(20)24)21-18(25)14-6-4-5-13(9-14)11-26-8-7-15(10-23)22-19/h4-6,9-10,12,15-16,22H,3,7-8,11H2,1-2H3,(H2,20,24)(H,21,25)/t12-,15-,16-/m0/s1. The second-order valence-corrected chi connectivity index (χ2v) is 7.86. The zero-order valence-corrected chi connectivity index (χ0v) is 18.0. The third-order valence-corrected chi connectivity index (χ3v) is 6.00. The van der Waals surface area contributed by atoms with Crippen molar-refractivity contribution in [2.45, 2.75) is 44.5 Å². The number of thioether (sulfide) groups is 1. The highest BCUT2D eigenvalue weighted by molar-refractivity contribution is 14.1. The van der Waals surface area contributed by atoms with Crippen molar-refractivity contribution >= 4 is 52.7 Å². The van der Waals surface area contributed by atoms with E-state index in [9.17, 15) is 14.4 Å². The Labute approximate surface area is 172 Å². The summed E-state index contributed by atoms with van der Waals surface area (Å²) < 4.78 is 2.91. The molecule has 0 spiro atoms. The topological polar surface area (TPSA) is 101 Å². The Kier molecular flexibility index (Phi) is 10.8. The lowest BCUT2D eigenvalue weighted by molar-refractivity contribution is -0.121. The minimum Gasteiger partial charge on any atom is -0.368 e. The molecular weight excluding hydrogens is 465 g/mol. The fourth-order valence-electron chi connectivity index (χ4n) is 2.31. The zero-order valence-electron chi connectivity index (χ0n) is 15.0. The third-order valence-electron chi connectivity index (χ3n) is 4.14. The van der Waals surface area contributed by atoms with E-state index in [-0.39, 0.29) is 17.9 Å². The summed E-state index contributed by atoms with van der Waals surface area (Å²) in [4.78, 5) is 34.8. The van der Waals surface area contributed by atoms with Crippen LogP contribution in [0.5, 0.6) is 0 Å². The van der Waals surface area contributed by atoms with Crippen LogP contribution in [-0.4, -0.2) is 35.9 Å². The highest BCUT2D eigenvalue weighted by atomic mass is 127. The van der Waals surface area contributed by atoms with E-state index in [0.717, 1.165) is 36.2 Å². The van der Waals surface area contributed by atoms with Crippen molar-refractivity contribution in [2.75, 3.05) is 5.75 Å². The normalized spacial score (nSPS) is 14.3. The maximum atomic E-state index is 12.5. The number of nitrogens with one attached hydrogen (secondary N) is 2. The SMILES string of the molecule is CC[C@H](C)[C@H](NC(=O)c1cccc(CSCC[C@@H](C=O)NI)c1)C(N)=O. The Balaban J connectivity index is 2.63. The zero-order chi connectivity index (χ0) is 19.5. The summed E-state index contributed by atoms with van der Waals surface area (Å²) in [6.07, 6.45) is 2.41. The summed E-state index contributed by atoms with van der Waals surface area (Å²) >= 11 is 3.68. The first-order valence-electron chi connectivity index (χ1n) is 8.51. The molecule has 144 valence electrons. The van der Waals surface area contributed by atoms with Gasteiger partial charge in [0.2, 0.25) is 5.91 Å². The van der Waals surface area contributed by atoms with Gasteiger partial charge in [0, 0.05) is 34.2 Å². The van der Waals surface area contributed by atoms with Gasteiger partial charge in [-0.25, -0.2) is 0 Å². The maximum Gasteiger partial charge on any atom is 0.251 e. The Bertz CT molecular complexity index is 615. The molecule has 3 atom stereocenters. The van der Waals surface area contributed by atoms with Crippen LogP contribution in [0.25, 0.3) is 0 Å². The van der Waals surface area contributed by atoms with Crippen LogP contribution >= 0.6 is 34.6 Å². The molecule has 0 radical (unpaired) electrons. The monoisotopic (exact) mass is 491 g/mol. The maximum absolute atomic E-state index is 12.5. The molecule has 0 heterocycles. The van der Waals surface area contributed by atoms with Gasteiger partial charge in [-0.1, -0.05) is 32.4 Å². The molecule has 0 aliphatic rings. The van der Waals surface area contributed by atoms with Gasteiger partial charge >= 0.3 is 0 Å². The predicted molar refractivity (Wildman–Crippen MR) is 114 cm³/mol. The van der Waals surface area contributed by atoms with Crippen LogP contribution < -0.4 is 14.6 Å². The second kappa shape index (κ2) is 12.3. The smallest absolute Gasteiger partial charge is 0.251 e. The Morgan fingerprint density at radius 2 is 2.12 bits per heavy atom. The second-order valence-electron chi connectivity index (χ2n) is 6.13. The molecule has 0 aliphatic heterocycles. The molecule has 1 aromatic carbocycles. The fourth-order valence-corrected chi connectivity index (χ4v) is 3.74. The quantitative estimate of drug-likeness (QED) is 0.181. The minimum atomic E-state index is -0.674. The molecule has 0 fully saturated rings. The Morgan fingerprint density at radius 3 is 2.69 bits per heavy atom. The number of rotatable bonds is 12. The number of carbonyl (C=O) groups is 3. The van der Waals surface area contributed by atoms with E-state index in [2.05, 4.69) is 8.85 Å². The highest BCUT2D eigenvalue weighted by Gasteiger charge is 2.24. The van der Waals surface area contributed by atoms with Crippen LogP contribution in [0.2, 0.25) is 0 Å². The number of amides is 2. The number of benzene rings is 1. The molecule has 0 saturated carbocycles. The average molecular weight is 491 g/mol. The van der Waals surface area contributed by atoms with E-state index in [1.165, 1.54) is 0 Å². The Morgan fingerprint density at radius 1 is 1.38 bits per heavy atom. The predicted octanol–water partition coefficient (Wildman–Crippen LogP) is 2.45. The number of hydrogen-bond donors (Lipinski definition) is 3. The van der Waals surface area contributed by atoms with Gasteiger partial charge in [-0.3, -0.25) is 13.1 Å². The summed E-state index contributed by atoms with van der Waals surface area (Å²) in [6, 6.07) is 6.52. The first-order chi connectivity index (χ1) is 12.4. The molecule has 8 heteroatoms. The summed E-state index contributed by atoms with van der Waals surface area (Å²) in [5.41, 5.74) is 6.94. The van der Waals surface area contributed by atoms with E-state index < -0.39 is 11.9 Å². The van der Waals surface area contributed by atoms with Crippen molar-refractivity contribution in [1.29, 1.82) is 0 Å². The van der Waals surface area contributed by atoms with Gasteiger partial charge in [0.15, 0.2) is 0 Å². The molecule has 0 bridgehead atoms. The van der Waals surface area contributed by atoms with Crippen LogP contribution in [0.1, 0.15) is 42.6 Å². The van der Waals surface area contributed by atoms with Gasteiger partial charge in [0.25, 0.3) is 5.91 Å². The number of hydrogen-bond acceptors (Lipinski definition) is 5. The Hall–Kier alpha value is -1.13. The number of aldehydes is 1. The first-order valence-corrected chi connectivity index (χ1v) is 10.7. The number of halogens is 1. The minimum absolute atomic E-state index is 0.0209. The molecule has 2 amide bonds. The largest absolute Gasteiger partial charge is 0.368 e. The van der Waals surface area contributed by atoms with E-state index in [1.54, 1.807) is 17.8 Å². The van der Waals surface area contributed by atoms with Crippen molar-refractivity contribution in [3.8, 4) is 0 Å². The molecule has 1 rings (SSSR count). The number of carbonyl (C=O) groups excluding carboxylic acids is 3. The van der Waals surface area contributed by atoms with Crippen molar-refractivity contribution in [3.05, 3.63) is 35.4 Å². The molecule has 0 saturated heterocycles. The van der Waals surface area contributed by atoms with Gasteiger partial charge < -0.3 is 15.8 Å². The van der Waals surface area contributed by atoms with Crippen LogP contribution in [0.4, 0.5) is 0 Å². The summed E-state index contributed by atoms with van der Waals surface area (Å²) in [7, 11) is 0. The third kappa shape index (κ3) is 7.63. The van der Waals surface area contributed by atoms with Gasteiger partial charge in [-0.05, 0) is 35.8 Å². The lowest BCUT2D eigenvalue weighted by Crippen LogP contribution is -2.48. The van der Waals surface area contributed by atoms with Gasteiger partial charge in [0.1, 0.15) is 12.3 Å².